The average Bonchev–Trinajstić information content (AvgIpc) is 3.44. The van der Waals surface area contributed by atoms with Gasteiger partial charge in [-0.25, -0.2) is 4.68 Å². The zero-order valence-corrected chi connectivity index (χ0v) is 18.8. The third kappa shape index (κ3) is 4.67. The first-order valence-electron chi connectivity index (χ1n) is 11.7. The summed E-state index contributed by atoms with van der Waals surface area (Å²) in [5, 5.41) is 12.9. The highest BCUT2D eigenvalue weighted by atomic mass is 16.5. The predicted octanol–water partition coefficient (Wildman–Crippen LogP) is 2.11. The molecule has 3 heterocycles. The lowest BCUT2D eigenvalue weighted by Crippen LogP contribution is -3.15. The van der Waals surface area contributed by atoms with Gasteiger partial charge in [-0.05, 0) is 60.7 Å². The Kier molecular flexibility index (Phi) is 7.00. The van der Waals surface area contributed by atoms with Crippen LogP contribution in [0.1, 0.15) is 62.0 Å². The van der Waals surface area contributed by atoms with Crippen LogP contribution in [0.2, 0.25) is 0 Å². The summed E-state index contributed by atoms with van der Waals surface area (Å²) in [6, 6.07) is 7.02. The van der Waals surface area contributed by atoms with E-state index in [0.29, 0.717) is 6.04 Å². The molecule has 0 aliphatic carbocycles. The lowest BCUT2D eigenvalue weighted by molar-refractivity contribution is -0.933. The maximum atomic E-state index is 5.84. The van der Waals surface area contributed by atoms with E-state index in [1.807, 2.05) is 4.68 Å². The van der Waals surface area contributed by atoms with Crippen molar-refractivity contribution in [1.29, 1.82) is 0 Å². The SMILES string of the molecule is CCCC[C@@H](c1nnnn1C[C@H]1CCCO1)[NH+]1CCN(c2cccc(C)c2C)CC1. The zero-order valence-electron chi connectivity index (χ0n) is 18.8. The Hall–Kier alpha value is -1.99. The van der Waals surface area contributed by atoms with E-state index in [2.05, 4.69) is 59.4 Å². The van der Waals surface area contributed by atoms with E-state index in [1.54, 1.807) is 4.90 Å². The van der Waals surface area contributed by atoms with E-state index < -0.39 is 0 Å². The second-order valence-electron chi connectivity index (χ2n) is 8.91. The number of quaternary nitrogens is 1. The Bertz CT molecular complexity index is 808. The number of piperazine rings is 1. The number of anilines is 1. The molecule has 7 heteroatoms. The second kappa shape index (κ2) is 9.88. The number of benzene rings is 1. The molecule has 1 aromatic heterocycles. The van der Waals surface area contributed by atoms with Gasteiger partial charge in [0.25, 0.3) is 0 Å². The third-order valence-corrected chi connectivity index (χ3v) is 6.93. The van der Waals surface area contributed by atoms with Crippen molar-refractivity contribution in [3.8, 4) is 0 Å². The molecule has 0 spiro atoms. The van der Waals surface area contributed by atoms with Crippen LogP contribution in [0.5, 0.6) is 0 Å². The molecule has 0 saturated carbocycles. The molecule has 7 nitrogen and oxygen atoms in total. The lowest BCUT2D eigenvalue weighted by Gasteiger charge is -2.38. The average molecular weight is 414 g/mol. The first-order valence-corrected chi connectivity index (χ1v) is 11.7. The fourth-order valence-electron chi connectivity index (χ4n) is 4.96. The number of ether oxygens (including phenoxy) is 1. The van der Waals surface area contributed by atoms with Crippen LogP contribution in [0.3, 0.4) is 0 Å². The molecule has 2 aromatic rings. The minimum Gasteiger partial charge on any atom is -0.376 e. The Morgan fingerprint density at radius 3 is 2.80 bits per heavy atom. The van der Waals surface area contributed by atoms with Gasteiger partial charge in [0.2, 0.25) is 5.82 Å². The number of aryl methyl sites for hydroxylation is 1. The summed E-state index contributed by atoms with van der Waals surface area (Å²) in [5.41, 5.74) is 4.17. The van der Waals surface area contributed by atoms with E-state index in [1.165, 1.54) is 29.7 Å². The van der Waals surface area contributed by atoms with E-state index in [-0.39, 0.29) is 6.10 Å². The highest BCUT2D eigenvalue weighted by Crippen LogP contribution is 2.23. The smallest absolute Gasteiger partial charge is 0.209 e. The van der Waals surface area contributed by atoms with Gasteiger partial charge in [0, 0.05) is 18.7 Å². The van der Waals surface area contributed by atoms with Crippen molar-refractivity contribution >= 4 is 5.69 Å². The van der Waals surface area contributed by atoms with Crippen molar-refractivity contribution in [2.75, 3.05) is 37.7 Å². The Balaban J connectivity index is 1.46. The summed E-state index contributed by atoms with van der Waals surface area (Å²) in [4.78, 5) is 4.17. The molecule has 0 amide bonds. The van der Waals surface area contributed by atoms with Gasteiger partial charge in [0.15, 0.2) is 0 Å². The standard InChI is InChI=1S/C23H36N6O/c1-4-5-10-22(23-24-25-26-29(23)17-20-9-7-16-30-20)28-14-12-27(13-15-28)21-11-6-8-18(2)19(21)3/h6,8,11,20,22H,4-5,7,9-10,12-17H2,1-3H3/p+1/t20-,22+/m1/s1. The van der Waals surface area contributed by atoms with Crippen molar-refractivity contribution in [2.45, 2.75) is 71.6 Å². The van der Waals surface area contributed by atoms with Crippen molar-refractivity contribution in [3.63, 3.8) is 0 Å². The monoisotopic (exact) mass is 413 g/mol. The van der Waals surface area contributed by atoms with Gasteiger partial charge in [-0.3, -0.25) is 0 Å². The molecule has 0 bridgehead atoms. The number of rotatable bonds is 8. The second-order valence-corrected chi connectivity index (χ2v) is 8.91. The van der Waals surface area contributed by atoms with Crippen LogP contribution >= 0.6 is 0 Å². The van der Waals surface area contributed by atoms with E-state index in [9.17, 15) is 0 Å². The van der Waals surface area contributed by atoms with Gasteiger partial charge >= 0.3 is 0 Å². The first kappa shape index (κ1) is 21.2. The fourth-order valence-corrected chi connectivity index (χ4v) is 4.96. The Morgan fingerprint density at radius 1 is 1.23 bits per heavy atom. The summed E-state index contributed by atoms with van der Waals surface area (Å²) in [6.07, 6.45) is 6.07. The molecule has 30 heavy (non-hydrogen) atoms. The number of hydrogen-bond donors (Lipinski definition) is 1. The zero-order chi connectivity index (χ0) is 20.9. The third-order valence-electron chi connectivity index (χ3n) is 6.93. The molecule has 0 radical (unpaired) electrons. The number of nitrogens with one attached hydrogen (secondary N) is 1. The number of hydrogen-bond acceptors (Lipinski definition) is 5. The van der Waals surface area contributed by atoms with E-state index in [4.69, 9.17) is 4.74 Å². The van der Waals surface area contributed by atoms with Crippen molar-refractivity contribution in [2.24, 2.45) is 0 Å². The summed E-state index contributed by atoms with van der Waals surface area (Å²) >= 11 is 0. The van der Waals surface area contributed by atoms with E-state index >= 15 is 0 Å². The van der Waals surface area contributed by atoms with Crippen LogP contribution in [-0.2, 0) is 11.3 Å². The summed E-state index contributed by atoms with van der Waals surface area (Å²) < 4.78 is 7.87. The van der Waals surface area contributed by atoms with Crippen molar-refractivity contribution in [1.82, 2.24) is 20.2 Å². The van der Waals surface area contributed by atoms with Crippen LogP contribution in [0.4, 0.5) is 5.69 Å². The molecular formula is C23H37N6O+. The van der Waals surface area contributed by atoms with Gasteiger partial charge in [-0.15, -0.1) is 5.10 Å². The Labute approximate surface area is 180 Å². The number of tetrazole rings is 1. The minimum atomic E-state index is 0.259. The van der Waals surface area contributed by atoms with Crippen molar-refractivity contribution in [3.05, 3.63) is 35.2 Å². The summed E-state index contributed by atoms with van der Waals surface area (Å²) in [7, 11) is 0. The number of nitrogens with zero attached hydrogens (tertiary/aromatic N) is 5. The number of unbranched alkanes of at least 4 members (excludes halogenated alkanes) is 1. The molecule has 2 fully saturated rings. The maximum absolute atomic E-state index is 5.84. The van der Waals surface area contributed by atoms with Gasteiger partial charge in [-0.2, -0.15) is 0 Å². The van der Waals surface area contributed by atoms with Crippen LogP contribution in [0, 0.1) is 13.8 Å². The van der Waals surface area contributed by atoms with Crippen molar-refractivity contribution < 1.29 is 9.64 Å². The summed E-state index contributed by atoms with van der Waals surface area (Å²) in [6.45, 7) is 12.8. The molecule has 2 aliphatic rings. The largest absolute Gasteiger partial charge is 0.376 e. The molecule has 2 atom stereocenters. The van der Waals surface area contributed by atoms with Gasteiger partial charge in [0.05, 0.1) is 38.8 Å². The number of aromatic nitrogens is 4. The normalized spacial score (nSPS) is 21.3. The molecule has 0 unspecified atom stereocenters. The molecular weight excluding hydrogens is 376 g/mol. The quantitative estimate of drug-likeness (QED) is 0.718. The molecule has 4 rings (SSSR count). The predicted molar refractivity (Wildman–Crippen MR) is 118 cm³/mol. The van der Waals surface area contributed by atoms with Gasteiger partial charge < -0.3 is 14.5 Å². The summed E-state index contributed by atoms with van der Waals surface area (Å²) in [5.74, 6) is 1.05. The van der Waals surface area contributed by atoms with Crippen LogP contribution in [-0.4, -0.2) is 59.1 Å². The lowest BCUT2D eigenvalue weighted by atomic mass is 10.0. The fraction of sp³-hybridized carbons (Fsp3) is 0.696. The maximum Gasteiger partial charge on any atom is 0.209 e. The molecule has 2 saturated heterocycles. The molecule has 1 N–H and O–H groups in total. The highest BCUT2D eigenvalue weighted by molar-refractivity contribution is 5.56. The first-order chi connectivity index (χ1) is 14.7. The topological polar surface area (TPSA) is 60.5 Å². The molecule has 164 valence electrons. The van der Waals surface area contributed by atoms with Gasteiger partial charge in [-0.1, -0.05) is 25.5 Å². The Morgan fingerprint density at radius 2 is 2.07 bits per heavy atom. The van der Waals surface area contributed by atoms with Crippen LogP contribution < -0.4 is 9.80 Å². The van der Waals surface area contributed by atoms with E-state index in [0.717, 1.165) is 64.4 Å². The van der Waals surface area contributed by atoms with Crippen LogP contribution in [0.15, 0.2) is 18.2 Å². The van der Waals surface area contributed by atoms with Crippen LogP contribution in [0.25, 0.3) is 0 Å². The highest BCUT2D eigenvalue weighted by Gasteiger charge is 2.33. The minimum absolute atomic E-state index is 0.259. The molecule has 1 aromatic carbocycles. The molecule has 2 aliphatic heterocycles. The van der Waals surface area contributed by atoms with Gasteiger partial charge in [0.1, 0.15) is 6.04 Å².